The normalized spacial score (nSPS) is 25.5. The number of aliphatic hydroxyl groups excluding tert-OH is 1. The van der Waals surface area contributed by atoms with Crippen molar-refractivity contribution in [3.8, 4) is 0 Å². The maximum Gasteiger partial charge on any atom is 0.277 e. The fraction of sp³-hybridized carbons (Fsp3) is 0.500. The molecule has 0 bridgehead atoms. The predicted molar refractivity (Wildman–Crippen MR) is 73.0 cm³/mol. The second kappa shape index (κ2) is 4.27. The number of nitrogens with one attached hydrogen (secondary N) is 2. The molecule has 0 amide bonds. The van der Waals surface area contributed by atoms with Crippen LogP contribution in [0.15, 0.2) is 16.9 Å². The number of aromatic amines is 1. The van der Waals surface area contributed by atoms with Crippen molar-refractivity contribution < 1.29 is 5.11 Å². The summed E-state index contributed by atoms with van der Waals surface area (Å²) in [5, 5.41) is 12.3. The van der Waals surface area contributed by atoms with E-state index in [1.165, 1.54) is 0 Å². The van der Waals surface area contributed by atoms with Gasteiger partial charge in [-0.05, 0) is 18.4 Å². The monoisotopic (exact) mass is 263 g/mol. The van der Waals surface area contributed by atoms with Crippen LogP contribution in [0.1, 0.15) is 12.8 Å². The Morgan fingerprint density at radius 3 is 3.00 bits per heavy atom. The Kier molecular flexibility index (Phi) is 2.70. The number of hydrogen-bond acceptors (Lipinski definition) is 6. The van der Waals surface area contributed by atoms with Gasteiger partial charge >= 0.3 is 0 Å². The Labute approximate surface area is 110 Å². The molecule has 7 heteroatoms. The summed E-state index contributed by atoms with van der Waals surface area (Å²) in [5.74, 6) is 0.819. The molecule has 1 aliphatic heterocycles. The number of fused-ring (bicyclic) bond motifs is 1. The maximum atomic E-state index is 11.8. The number of rotatable bonds is 2. The number of hydrogen-bond donors (Lipinski definition) is 4. The highest BCUT2D eigenvalue weighted by molar-refractivity contribution is 5.72. The first-order chi connectivity index (χ1) is 9.11. The topological polar surface area (TPSA) is 107 Å². The second-order valence-electron chi connectivity index (χ2n) is 5.00. The van der Waals surface area contributed by atoms with Crippen LogP contribution >= 0.6 is 0 Å². The van der Waals surface area contributed by atoms with Crippen LogP contribution in [0.25, 0.3) is 0 Å². The number of nitrogens with two attached hydrogens (primary N) is 1. The number of H-pyrrole nitrogens is 1. The average Bonchev–Trinajstić information content (AvgIpc) is 2.92. The lowest BCUT2D eigenvalue weighted by molar-refractivity contribution is 0.249. The minimum Gasteiger partial charge on any atom is -0.396 e. The molecule has 1 aromatic rings. The zero-order valence-corrected chi connectivity index (χ0v) is 10.5. The minimum atomic E-state index is -0.257. The van der Waals surface area contributed by atoms with Crippen molar-refractivity contribution >= 4 is 17.5 Å². The van der Waals surface area contributed by atoms with Gasteiger partial charge in [0.2, 0.25) is 5.95 Å². The zero-order valence-electron chi connectivity index (χ0n) is 10.5. The van der Waals surface area contributed by atoms with E-state index in [1.54, 1.807) is 0 Å². The Morgan fingerprint density at radius 2 is 2.32 bits per heavy atom. The van der Waals surface area contributed by atoms with Gasteiger partial charge in [0, 0.05) is 12.5 Å². The summed E-state index contributed by atoms with van der Waals surface area (Å²) < 4.78 is 0. The first-order valence-corrected chi connectivity index (χ1v) is 6.31. The Hall–Kier alpha value is -2.02. The summed E-state index contributed by atoms with van der Waals surface area (Å²) in [7, 11) is 0. The van der Waals surface area contributed by atoms with Crippen molar-refractivity contribution in [2.75, 3.05) is 29.2 Å². The quantitative estimate of drug-likeness (QED) is 0.554. The lowest BCUT2D eigenvalue weighted by Crippen LogP contribution is -2.35. The van der Waals surface area contributed by atoms with Gasteiger partial charge in [0.1, 0.15) is 5.69 Å². The molecule has 0 radical (unpaired) electrons. The van der Waals surface area contributed by atoms with Crippen molar-refractivity contribution in [1.82, 2.24) is 9.97 Å². The van der Waals surface area contributed by atoms with Gasteiger partial charge < -0.3 is 21.1 Å². The van der Waals surface area contributed by atoms with Crippen molar-refractivity contribution in [3.63, 3.8) is 0 Å². The second-order valence-corrected chi connectivity index (χ2v) is 5.00. The zero-order chi connectivity index (χ0) is 13.6. The van der Waals surface area contributed by atoms with Gasteiger partial charge in [-0.2, -0.15) is 4.98 Å². The SMILES string of the molecule is C=C1[C@H](CO)CC[C@@H]1N1CNc2c1nc(N)[nH]c2=O. The minimum absolute atomic E-state index is 0.0969. The standard InChI is InChI=1S/C12H17N5O2/c1-6-7(4-18)2-3-8(6)17-5-14-9-10(17)15-12(13)16-11(9)19/h7-8,14,18H,1-5H2,(H3,13,15,16,19)/t7-,8-/m0/s1. The van der Waals surface area contributed by atoms with Crippen LogP contribution in [-0.4, -0.2) is 34.4 Å². The van der Waals surface area contributed by atoms with Crippen molar-refractivity contribution in [2.24, 2.45) is 5.92 Å². The summed E-state index contributed by atoms with van der Waals surface area (Å²) in [6.07, 6.45) is 1.81. The molecule has 2 atom stereocenters. The molecule has 0 aromatic carbocycles. The number of nitrogens with zero attached hydrogens (tertiary/aromatic N) is 2. The summed E-state index contributed by atoms with van der Waals surface area (Å²) in [5.41, 5.74) is 6.79. The van der Waals surface area contributed by atoms with E-state index in [0.717, 1.165) is 18.4 Å². The molecule has 19 heavy (non-hydrogen) atoms. The molecule has 0 spiro atoms. The van der Waals surface area contributed by atoms with Crippen molar-refractivity contribution in [1.29, 1.82) is 0 Å². The molecular weight excluding hydrogens is 246 g/mol. The van der Waals surface area contributed by atoms with E-state index in [2.05, 4.69) is 21.9 Å². The van der Waals surface area contributed by atoms with E-state index >= 15 is 0 Å². The van der Waals surface area contributed by atoms with E-state index in [-0.39, 0.29) is 30.1 Å². The van der Waals surface area contributed by atoms with Crippen LogP contribution in [0, 0.1) is 5.92 Å². The van der Waals surface area contributed by atoms with Crippen LogP contribution in [0.2, 0.25) is 0 Å². The number of anilines is 3. The molecule has 1 fully saturated rings. The summed E-state index contributed by atoms with van der Waals surface area (Å²) in [4.78, 5) is 20.4. The highest BCUT2D eigenvalue weighted by atomic mass is 16.3. The molecule has 2 heterocycles. The van der Waals surface area contributed by atoms with Crippen LogP contribution in [0.3, 0.4) is 0 Å². The number of nitrogen functional groups attached to an aromatic ring is 1. The fourth-order valence-electron chi connectivity index (χ4n) is 2.91. The Morgan fingerprint density at radius 1 is 1.53 bits per heavy atom. The van der Waals surface area contributed by atoms with Crippen LogP contribution in [-0.2, 0) is 0 Å². The lowest BCUT2D eigenvalue weighted by Gasteiger charge is -2.26. The van der Waals surface area contributed by atoms with E-state index < -0.39 is 0 Å². The van der Waals surface area contributed by atoms with Crippen molar-refractivity contribution in [3.05, 3.63) is 22.5 Å². The molecule has 1 aromatic heterocycles. The molecule has 3 rings (SSSR count). The van der Waals surface area contributed by atoms with Gasteiger partial charge in [-0.25, -0.2) is 0 Å². The van der Waals surface area contributed by atoms with Gasteiger partial charge in [0.15, 0.2) is 5.82 Å². The fourth-order valence-corrected chi connectivity index (χ4v) is 2.91. The molecule has 1 saturated carbocycles. The average molecular weight is 263 g/mol. The third-order valence-corrected chi connectivity index (χ3v) is 3.95. The summed E-state index contributed by atoms with van der Waals surface area (Å²) in [6, 6.07) is 0.0969. The molecule has 2 aliphatic rings. The first-order valence-electron chi connectivity index (χ1n) is 6.31. The molecule has 1 aliphatic carbocycles. The maximum absolute atomic E-state index is 11.8. The summed E-state index contributed by atoms with van der Waals surface area (Å²) in [6.45, 7) is 4.71. The lowest BCUT2D eigenvalue weighted by atomic mass is 10.0. The molecule has 102 valence electrons. The predicted octanol–water partition coefficient (Wildman–Crippen LogP) is -0.131. The molecule has 5 N–H and O–H groups in total. The third-order valence-electron chi connectivity index (χ3n) is 3.95. The molecule has 0 saturated heterocycles. The number of aliphatic hydroxyl groups is 1. The molecular formula is C12H17N5O2. The van der Waals surface area contributed by atoms with Gasteiger partial charge in [-0.3, -0.25) is 9.78 Å². The van der Waals surface area contributed by atoms with Gasteiger partial charge in [0.25, 0.3) is 5.56 Å². The third kappa shape index (κ3) is 1.77. The highest BCUT2D eigenvalue weighted by Gasteiger charge is 2.37. The Bertz CT molecular complexity index is 582. The first kappa shape index (κ1) is 12.0. The van der Waals surface area contributed by atoms with Crippen molar-refractivity contribution in [2.45, 2.75) is 18.9 Å². The van der Waals surface area contributed by atoms with Gasteiger partial charge in [-0.15, -0.1) is 0 Å². The number of aromatic nitrogens is 2. The van der Waals surface area contributed by atoms with E-state index in [1.807, 2.05) is 4.90 Å². The van der Waals surface area contributed by atoms with Crippen LogP contribution < -0.4 is 21.5 Å². The largest absolute Gasteiger partial charge is 0.396 e. The molecule has 0 unspecified atom stereocenters. The van der Waals surface area contributed by atoms with E-state index in [9.17, 15) is 9.90 Å². The highest BCUT2D eigenvalue weighted by Crippen LogP contribution is 2.38. The summed E-state index contributed by atoms with van der Waals surface area (Å²) >= 11 is 0. The van der Waals surface area contributed by atoms with Gasteiger partial charge in [-0.1, -0.05) is 6.58 Å². The Balaban J connectivity index is 1.95. The van der Waals surface area contributed by atoms with Crippen LogP contribution in [0.4, 0.5) is 17.5 Å². The van der Waals surface area contributed by atoms with Crippen LogP contribution in [0.5, 0.6) is 0 Å². The smallest absolute Gasteiger partial charge is 0.277 e. The van der Waals surface area contributed by atoms with Gasteiger partial charge in [0.05, 0.1) is 12.7 Å². The van der Waals surface area contributed by atoms with E-state index in [0.29, 0.717) is 18.2 Å². The molecule has 7 nitrogen and oxygen atoms in total. The van der Waals surface area contributed by atoms with E-state index in [4.69, 9.17) is 5.73 Å².